The van der Waals surface area contributed by atoms with Crippen LogP contribution in [-0.2, 0) is 45.7 Å². The predicted octanol–water partition coefficient (Wildman–Crippen LogP) is 3.10. The third kappa shape index (κ3) is 18.9. The molecule has 0 aliphatic carbocycles. The molecule has 0 aliphatic heterocycles. The highest BCUT2D eigenvalue weighted by Gasteiger charge is 2.44. The highest BCUT2D eigenvalue weighted by molar-refractivity contribution is 8.10. The zero-order valence-electron chi connectivity index (χ0n) is 17.4. The fourth-order valence-corrected chi connectivity index (χ4v) is 8.76. The van der Waals surface area contributed by atoms with Crippen molar-refractivity contribution in [3.8, 4) is 0 Å². The summed E-state index contributed by atoms with van der Waals surface area (Å²) in [6.07, 6.45) is 5.33. The minimum Gasteiger partial charge on any atom is -0.324 e. The van der Waals surface area contributed by atoms with E-state index in [1.165, 1.54) is 56.3 Å². The largest absolute Gasteiger partial charge is 0.498 e. The van der Waals surface area contributed by atoms with Gasteiger partial charge >= 0.3 is 29.1 Å². The van der Waals surface area contributed by atoms with Crippen molar-refractivity contribution < 1.29 is 55.9 Å². The summed E-state index contributed by atoms with van der Waals surface area (Å²) in [5.41, 5.74) is 0. The summed E-state index contributed by atoms with van der Waals surface area (Å²) >= 11 is 7.68. The lowest BCUT2D eigenvalue weighted by Crippen LogP contribution is -2.50. The molecule has 0 fully saturated rings. The molecular weight excluding hydrogens is 522 g/mol. The first-order chi connectivity index (χ1) is 13.4. The summed E-state index contributed by atoms with van der Waals surface area (Å²) in [5.74, 6) is 0. The number of phosphoric acid groups is 2. The molecule has 0 atom stereocenters. The smallest absolute Gasteiger partial charge is 0.324 e. The van der Waals surface area contributed by atoms with Crippen LogP contribution in [0.15, 0.2) is 0 Å². The molecule has 0 aromatic carbocycles. The maximum Gasteiger partial charge on any atom is 0.498 e. The first-order valence-electron chi connectivity index (χ1n) is 9.12. The average molecular weight is 556 g/mol. The second-order valence-corrected chi connectivity index (χ2v) is 15.1. The Bertz CT molecular complexity index is 581. The molecule has 0 radical (unpaired) electrons. The third-order valence-corrected chi connectivity index (χ3v) is 9.56. The van der Waals surface area contributed by atoms with Gasteiger partial charge in [-0.25, -0.2) is 17.8 Å². The minimum absolute atomic E-state index is 1.33. The van der Waals surface area contributed by atoms with E-state index in [2.05, 4.69) is 64.2 Å². The molecule has 0 aromatic rings. The Kier molecular flexibility index (Phi) is 16.3. The fraction of sp³-hybridized carbons (Fsp3) is 1.00. The summed E-state index contributed by atoms with van der Waals surface area (Å²) in [5, 5.41) is 0. The van der Waals surface area contributed by atoms with Gasteiger partial charge in [0, 0.05) is 0 Å². The Balaban J connectivity index is 0. The third-order valence-electron chi connectivity index (χ3n) is 3.41. The zero-order valence-corrected chi connectivity index (χ0v) is 22.6. The molecule has 0 amide bonds. The van der Waals surface area contributed by atoms with Gasteiger partial charge in [-0.1, -0.05) is 27.7 Å². The van der Waals surface area contributed by atoms with Gasteiger partial charge in [0.2, 0.25) is 0 Å². The van der Waals surface area contributed by atoms with Gasteiger partial charge in [0.05, 0.1) is 26.2 Å². The van der Waals surface area contributed by atoms with Gasteiger partial charge in [-0.3, -0.25) is 0 Å². The fourth-order valence-electron chi connectivity index (χ4n) is 3.00. The summed E-state index contributed by atoms with van der Waals surface area (Å²) in [6.45, 7) is 5.33. The number of quaternary nitrogens is 1. The average Bonchev–Trinajstić information content (AvgIpc) is 2.42. The maximum absolute atomic E-state index is 11.4. The molecule has 6 N–H and O–H groups in total. The molecule has 0 aromatic heterocycles. The van der Waals surface area contributed by atoms with Crippen LogP contribution in [0.3, 0.4) is 0 Å². The van der Waals surface area contributed by atoms with Crippen molar-refractivity contribution >= 4 is 52.7 Å². The van der Waals surface area contributed by atoms with Crippen LogP contribution in [0, 0.1) is 0 Å². The van der Waals surface area contributed by atoms with Crippen molar-refractivity contribution in [3.05, 3.63) is 0 Å². The molecule has 0 saturated carbocycles. The lowest BCUT2D eigenvalue weighted by molar-refractivity contribution is -0.928. The Morgan fingerprint density at radius 1 is 0.633 bits per heavy atom. The zero-order chi connectivity index (χ0) is 24.3. The van der Waals surface area contributed by atoms with Gasteiger partial charge in [-0.05, 0) is 49.3 Å². The van der Waals surface area contributed by atoms with Crippen LogP contribution in [0.5, 0.6) is 0 Å². The highest BCUT2D eigenvalue weighted by Crippen LogP contribution is 2.72. The van der Waals surface area contributed by atoms with Crippen molar-refractivity contribution in [3.63, 3.8) is 0 Å². The molecule has 18 heteroatoms. The minimum atomic E-state index is -5.47. The van der Waals surface area contributed by atoms with Crippen molar-refractivity contribution in [1.82, 2.24) is 0 Å². The summed E-state index contributed by atoms with van der Waals surface area (Å²) < 4.78 is 33.9. The topological polar surface area (TPSA) is 183 Å². The predicted molar refractivity (Wildman–Crippen MR) is 121 cm³/mol. The van der Waals surface area contributed by atoms with Crippen LogP contribution in [0.2, 0.25) is 0 Å². The van der Waals surface area contributed by atoms with Crippen LogP contribution < -0.4 is 0 Å². The van der Waals surface area contributed by atoms with E-state index in [0.29, 0.717) is 0 Å². The molecule has 0 bridgehead atoms. The first kappa shape index (κ1) is 33.5. The molecule has 0 spiro atoms. The number of hydrogen-bond acceptors (Lipinski definition) is 7. The van der Waals surface area contributed by atoms with Crippen molar-refractivity contribution in [2.75, 3.05) is 26.2 Å². The van der Waals surface area contributed by atoms with E-state index >= 15 is 0 Å². The van der Waals surface area contributed by atoms with Gasteiger partial charge in [0.25, 0.3) is 0 Å². The van der Waals surface area contributed by atoms with E-state index in [9.17, 15) is 9.13 Å². The Morgan fingerprint density at radius 2 is 0.900 bits per heavy atom. The van der Waals surface area contributed by atoms with Gasteiger partial charge in [0.15, 0.2) is 0 Å². The molecule has 184 valence electrons. The highest BCUT2D eigenvalue weighted by atomic mass is 32.5. The summed E-state index contributed by atoms with van der Waals surface area (Å²) in [7, 11) is -10.9. The van der Waals surface area contributed by atoms with Gasteiger partial charge < -0.3 is 33.8 Å². The van der Waals surface area contributed by atoms with E-state index < -0.39 is 29.1 Å². The Morgan fingerprint density at radius 3 is 1.07 bits per heavy atom. The molecule has 0 heterocycles. The van der Waals surface area contributed by atoms with Crippen LogP contribution in [0.4, 0.5) is 0 Å². The van der Waals surface area contributed by atoms with Crippen LogP contribution in [0.25, 0.3) is 0 Å². The summed E-state index contributed by atoms with van der Waals surface area (Å²) in [6, 6.07) is 0. The first-order valence-corrected chi connectivity index (χ1v) is 17.4. The maximum atomic E-state index is 11.4. The lowest BCUT2D eigenvalue weighted by Gasteiger charge is -2.38. The van der Waals surface area contributed by atoms with Crippen LogP contribution >= 0.6 is 29.1 Å². The second kappa shape index (κ2) is 14.6. The van der Waals surface area contributed by atoms with E-state index in [-0.39, 0.29) is 0 Å². The standard InChI is InChI=1S/C12H28N.H6O11P4S2/c1-5-9-13(10-6-2,11-7-3)12-8-4;1-12(2,3)9-15(8,10-13(4,5)16)11-14(6,7)17/h5-12H2,1-4H3;(H2,1,2,3)(H2,4,5,16)(H2,6,7,17)/q+1;. The SMILES string of the molecule is CCC[N+](CCC)(CCC)CCC.O=P(O)(O)OP(=O)(OP(O)(O)=S)OP(O)(O)=S. The van der Waals surface area contributed by atoms with E-state index in [0.717, 1.165) is 0 Å². The van der Waals surface area contributed by atoms with Crippen molar-refractivity contribution in [2.45, 2.75) is 53.4 Å². The molecule has 30 heavy (non-hydrogen) atoms. The van der Waals surface area contributed by atoms with E-state index in [1.54, 1.807) is 0 Å². The second-order valence-electron chi connectivity index (χ2n) is 6.40. The van der Waals surface area contributed by atoms with Gasteiger partial charge in [-0.15, -0.1) is 0 Å². The molecule has 12 nitrogen and oxygen atoms in total. The van der Waals surface area contributed by atoms with Gasteiger partial charge in [-0.2, -0.15) is 4.31 Å². The Labute approximate surface area is 188 Å². The monoisotopic (exact) mass is 556 g/mol. The normalized spacial score (nSPS) is 13.7. The Hall–Kier alpha value is 1.36. The van der Waals surface area contributed by atoms with Crippen molar-refractivity contribution in [1.29, 1.82) is 0 Å². The quantitative estimate of drug-likeness (QED) is 0.136. The molecule has 0 rings (SSSR count). The number of hydrogen-bond donors (Lipinski definition) is 6. The van der Waals surface area contributed by atoms with Crippen LogP contribution in [0.1, 0.15) is 53.4 Å². The van der Waals surface area contributed by atoms with E-state index in [1.807, 2.05) is 0 Å². The van der Waals surface area contributed by atoms with Crippen LogP contribution in [-0.4, -0.2) is 60.0 Å². The number of rotatable bonds is 14. The molecule has 0 saturated heterocycles. The molecule has 0 unspecified atom stereocenters. The lowest BCUT2D eigenvalue weighted by atomic mass is 10.2. The van der Waals surface area contributed by atoms with Gasteiger partial charge in [0.1, 0.15) is 0 Å². The van der Waals surface area contributed by atoms with Crippen molar-refractivity contribution in [2.24, 2.45) is 0 Å². The number of nitrogens with zero attached hydrogens (tertiary/aromatic N) is 1. The van der Waals surface area contributed by atoms with E-state index in [4.69, 9.17) is 29.4 Å². The summed E-state index contributed by atoms with van der Waals surface area (Å²) in [4.78, 5) is 51.2. The molecule has 0 aliphatic rings. The molecular formula is C12H34NO11P4S2+.